The number of carboxylic acids is 1. The number of hydrogen-bond donors (Lipinski definition) is 2. The smallest absolute Gasteiger partial charge is 0.303 e. The van der Waals surface area contributed by atoms with E-state index in [-0.39, 0.29) is 17.9 Å². The summed E-state index contributed by atoms with van der Waals surface area (Å²) in [6, 6.07) is -0.0600. The fourth-order valence-electron chi connectivity index (χ4n) is 1.78. The van der Waals surface area contributed by atoms with Gasteiger partial charge in [-0.1, -0.05) is 39.5 Å². The van der Waals surface area contributed by atoms with Crippen LogP contribution in [0.1, 0.15) is 59.3 Å². The highest BCUT2D eigenvalue weighted by Gasteiger charge is 2.30. The molecule has 15 heavy (non-hydrogen) atoms. The summed E-state index contributed by atoms with van der Waals surface area (Å²) in [6.45, 7) is 6.06. The van der Waals surface area contributed by atoms with Crippen molar-refractivity contribution in [1.29, 1.82) is 0 Å². The van der Waals surface area contributed by atoms with Crippen LogP contribution in [0.3, 0.4) is 0 Å². The molecule has 0 spiro atoms. The van der Waals surface area contributed by atoms with Gasteiger partial charge in [0, 0.05) is 6.04 Å². The summed E-state index contributed by atoms with van der Waals surface area (Å²) in [7, 11) is 0. The van der Waals surface area contributed by atoms with Crippen molar-refractivity contribution in [3.63, 3.8) is 0 Å². The molecule has 3 heteroatoms. The molecule has 0 aromatic heterocycles. The molecule has 2 unspecified atom stereocenters. The molecule has 0 bridgehead atoms. The van der Waals surface area contributed by atoms with Gasteiger partial charge in [0.1, 0.15) is 0 Å². The standard InChI is InChI=1S/C12H25NO2/c1-4-5-6-7-8-12(3,10(2)13)9-11(14)15/h10H,4-9,13H2,1-3H3,(H,14,15). The van der Waals surface area contributed by atoms with Gasteiger partial charge in [0.05, 0.1) is 6.42 Å². The minimum atomic E-state index is -0.745. The number of carboxylic acid groups (broad SMARTS) is 1. The number of hydrogen-bond acceptors (Lipinski definition) is 2. The average Bonchev–Trinajstić information content (AvgIpc) is 2.11. The van der Waals surface area contributed by atoms with Crippen LogP contribution in [0, 0.1) is 5.41 Å². The molecular formula is C12H25NO2. The van der Waals surface area contributed by atoms with Gasteiger partial charge in [0.2, 0.25) is 0 Å². The van der Waals surface area contributed by atoms with Gasteiger partial charge in [-0.3, -0.25) is 4.79 Å². The lowest BCUT2D eigenvalue weighted by Gasteiger charge is -2.32. The zero-order valence-electron chi connectivity index (χ0n) is 10.3. The Morgan fingerprint density at radius 2 is 2.00 bits per heavy atom. The molecule has 0 fully saturated rings. The lowest BCUT2D eigenvalue weighted by Crippen LogP contribution is -2.38. The first-order chi connectivity index (χ1) is 6.92. The van der Waals surface area contributed by atoms with Gasteiger partial charge in [-0.25, -0.2) is 0 Å². The van der Waals surface area contributed by atoms with Crippen LogP contribution in [0.15, 0.2) is 0 Å². The average molecular weight is 215 g/mol. The summed E-state index contributed by atoms with van der Waals surface area (Å²) in [5.41, 5.74) is 5.62. The molecule has 0 aliphatic rings. The fraction of sp³-hybridized carbons (Fsp3) is 0.917. The molecule has 0 aliphatic carbocycles. The highest BCUT2D eigenvalue weighted by molar-refractivity contribution is 5.67. The van der Waals surface area contributed by atoms with E-state index in [0.717, 1.165) is 12.8 Å². The van der Waals surface area contributed by atoms with E-state index < -0.39 is 5.97 Å². The van der Waals surface area contributed by atoms with E-state index in [9.17, 15) is 4.79 Å². The van der Waals surface area contributed by atoms with Crippen molar-refractivity contribution >= 4 is 5.97 Å². The summed E-state index contributed by atoms with van der Waals surface area (Å²) in [4.78, 5) is 10.8. The van der Waals surface area contributed by atoms with Gasteiger partial charge in [-0.2, -0.15) is 0 Å². The molecule has 0 amide bonds. The molecule has 0 aromatic carbocycles. The molecule has 3 nitrogen and oxygen atoms in total. The first kappa shape index (κ1) is 14.4. The van der Waals surface area contributed by atoms with Crippen LogP contribution in [0.2, 0.25) is 0 Å². The maximum atomic E-state index is 10.8. The van der Waals surface area contributed by atoms with E-state index in [0.29, 0.717) is 0 Å². The van der Waals surface area contributed by atoms with Crippen LogP contribution in [-0.2, 0) is 4.79 Å². The fourth-order valence-corrected chi connectivity index (χ4v) is 1.78. The summed E-state index contributed by atoms with van der Waals surface area (Å²) in [5, 5.41) is 8.85. The van der Waals surface area contributed by atoms with Crippen molar-refractivity contribution in [2.75, 3.05) is 0 Å². The van der Waals surface area contributed by atoms with Crippen LogP contribution in [-0.4, -0.2) is 17.1 Å². The van der Waals surface area contributed by atoms with Crippen molar-refractivity contribution in [3.8, 4) is 0 Å². The predicted molar refractivity (Wildman–Crippen MR) is 62.8 cm³/mol. The van der Waals surface area contributed by atoms with Crippen molar-refractivity contribution in [2.45, 2.75) is 65.3 Å². The van der Waals surface area contributed by atoms with Crippen molar-refractivity contribution in [1.82, 2.24) is 0 Å². The number of unbranched alkanes of at least 4 members (excludes halogenated alkanes) is 3. The molecule has 0 radical (unpaired) electrons. The highest BCUT2D eigenvalue weighted by Crippen LogP contribution is 2.31. The van der Waals surface area contributed by atoms with Crippen LogP contribution in [0.25, 0.3) is 0 Å². The molecule has 0 aliphatic heterocycles. The normalized spacial score (nSPS) is 17.1. The van der Waals surface area contributed by atoms with Gasteiger partial charge in [-0.05, 0) is 18.8 Å². The monoisotopic (exact) mass is 215 g/mol. The van der Waals surface area contributed by atoms with Crippen molar-refractivity contribution in [2.24, 2.45) is 11.1 Å². The predicted octanol–water partition coefficient (Wildman–Crippen LogP) is 2.79. The SMILES string of the molecule is CCCCCCC(C)(CC(=O)O)C(C)N. The molecule has 0 heterocycles. The van der Waals surface area contributed by atoms with Crippen LogP contribution in [0.5, 0.6) is 0 Å². The second kappa shape index (κ2) is 6.83. The quantitative estimate of drug-likeness (QED) is 0.612. The summed E-state index contributed by atoms with van der Waals surface area (Å²) in [5.74, 6) is -0.745. The molecule has 2 atom stereocenters. The minimum absolute atomic E-state index is 0.0600. The molecule has 0 aromatic rings. The lowest BCUT2D eigenvalue weighted by molar-refractivity contribution is -0.140. The van der Waals surface area contributed by atoms with Crippen molar-refractivity contribution in [3.05, 3.63) is 0 Å². The second-order valence-corrected chi connectivity index (χ2v) is 4.82. The highest BCUT2D eigenvalue weighted by atomic mass is 16.4. The largest absolute Gasteiger partial charge is 0.481 e. The third kappa shape index (κ3) is 5.78. The van der Waals surface area contributed by atoms with E-state index in [1.807, 2.05) is 13.8 Å². The molecule has 90 valence electrons. The Labute approximate surface area is 93.0 Å². The number of rotatable bonds is 8. The lowest BCUT2D eigenvalue weighted by atomic mass is 9.76. The van der Waals surface area contributed by atoms with E-state index in [1.165, 1.54) is 19.3 Å². The van der Waals surface area contributed by atoms with Crippen LogP contribution in [0.4, 0.5) is 0 Å². The summed E-state index contributed by atoms with van der Waals surface area (Å²) in [6.07, 6.45) is 5.78. The molecule has 3 N–H and O–H groups in total. The third-order valence-electron chi connectivity index (χ3n) is 3.26. The molecular weight excluding hydrogens is 190 g/mol. The van der Waals surface area contributed by atoms with E-state index in [2.05, 4.69) is 6.92 Å². The maximum absolute atomic E-state index is 10.8. The first-order valence-electron chi connectivity index (χ1n) is 5.89. The van der Waals surface area contributed by atoms with Crippen molar-refractivity contribution < 1.29 is 9.90 Å². The van der Waals surface area contributed by atoms with E-state index >= 15 is 0 Å². The van der Waals surface area contributed by atoms with Gasteiger partial charge >= 0.3 is 5.97 Å². The maximum Gasteiger partial charge on any atom is 0.303 e. The summed E-state index contributed by atoms with van der Waals surface area (Å²) >= 11 is 0. The Hall–Kier alpha value is -0.570. The van der Waals surface area contributed by atoms with Gasteiger partial charge < -0.3 is 10.8 Å². The van der Waals surface area contributed by atoms with Gasteiger partial charge in [-0.15, -0.1) is 0 Å². The van der Waals surface area contributed by atoms with Crippen LogP contribution >= 0.6 is 0 Å². The Morgan fingerprint density at radius 1 is 1.40 bits per heavy atom. The van der Waals surface area contributed by atoms with Gasteiger partial charge in [0.15, 0.2) is 0 Å². The number of nitrogens with two attached hydrogens (primary N) is 1. The Balaban J connectivity index is 4.08. The van der Waals surface area contributed by atoms with E-state index in [1.54, 1.807) is 0 Å². The third-order valence-corrected chi connectivity index (χ3v) is 3.26. The minimum Gasteiger partial charge on any atom is -0.481 e. The molecule has 0 saturated carbocycles. The van der Waals surface area contributed by atoms with Gasteiger partial charge in [0.25, 0.3) is 0 Å². The zero-order valence-corrected chi connectivity index (χ0v) is 10.3. The summed E-state index contributed by atoms with van der Waals surface area (Å²) < 4.78 is 0. The van der Waals surface area contributed by atoms with Crippen LogP contribution < -0.4 is 5.73 Å². The molecule has 0 rings (SSSR count). The number of aliphatic carboxylic acids is 1. The second-order valence-electron chi connectivity index (χ2n) is 4.82. The zero-order chi connectivity index (χ0) is 11.9. The Morgan fingerprint density at radius 3 is 2.40 bits per heavy atom. The van der Waals surface area contributed by atoms with E-state index in [4.69, 9.17) is 10.8 Å². The Kier molecular flexibility index (Phi) is 6.57. The Bertz CT molecular complexity index is 192. The first-order valence-corrected chi connectivity index (χ1v) is 5.89. The number of carbonyl (C=O) groups is 1. The molecule has 0 saturated heterocycles. The topological polar surface area (TPSA) is 63.3 Å².